The van der Waals surface area contributed by atoms with E-state index in [2.05, 4.69) is 15.4 Å². The average molecular weight is 327 g/mol. The van der Waals surface area contributed by atoms with Crippen LogP contribution in [0.15, 0.2) is 24.3 Å². The lowest BCUT2D eigenvalue weighted by molar-refractivity contribution is -0.124. The van der Waals surface area contributed by atoms with Crippen molar-refractivity contribution in [2.75, 3.05) is 13.7 Å². The summed E-state index contributed by atoms with van der Waals surface area (Å²) in [5.41, 5.74) is 1.47. The van der Waals surface area contributed by atoms with E-state index in [4.69, 9.17) is 0 Å². The molecule has 0 spiro atoms. The normalized spacial score (nSPS) is 18.7. The van der Waals surface area contributed by atoms with E-state index in [0.29, 0.717) is 5.56 Å². The first-order valence-electron chi connectivity index (χ1n) is 7.34. The Balaban J connectivity index is 0.00000242. The van der Waals surface area contributed by atoms with E-state index in [-0.39, 0.29) is 36.4 Å². The maximum atomic E-state index is 12.2. The number of rotatable bonds is 4. The number of benzene rings is 1. The van der Waals surface area contributed by atoms with Crippen LogP contribution < -0.4 is 10.6 Å². The summed E-state index contributed by atoms with van der Waals surface area (Å²) in [4.78, 5) is 23.5. The molecule has 1 unspecified atom stereocenters. The Morgan fingerprint density at radius 1 is 1.27 bits per heavy atom. The van der Waals surface area contributed by atoms with Gasteiger partial charge in [0.1, 0.15) is 0 Å². The third-order valence-electron chi connectivity index (χ3n) is 3.82. The summed E-state index contributed by atoms with van der Waals surface area (Å²) in [6.07, 6.45) is 3.11. The second kappa shape index (κ2) is 8.76. The number of nitrogens with one attached hydrogen (secondary N) is 2. The predicted molar refractivity (Wildman–Crippen MR) is 87.2 cm³/mol. The molecule has 0 aromatic heterocycles. The topological polar surface area (TPSA) is 67.4 Å². The number of carbonyl (C=O) groups excluding carboxylic acids is 2. The molecule has 2 rings (SSSR count). The molecule has 1 heterocycles. The molecule has 1 aliphatic rings. The molecule has 122 valence electrons. The zero-order chi connectivity index (χ0) is 15.2. The Kier molecular flexibility index (Phi) is 7.35. The van der Waals surface area contributed by atoms with Gasteiger partial charge in [-0.1, -0.05) is 18.6 Å². The second-order valence-corrected chi connectivity index (χ2v) is 5.35. The quantitative estimate of drug-likeness (QED) is 0.833. The highest BCUT2D eigenvalue weighted by Gasteiger charge is 2.22. The first-order valence-corrected chi connectivity index (χ1v) is 7.34. The molecule has 1 aliphatic heterocycles. The Morgan fingerprint density at radius 3 is 2.50 bits per heavy atom. The van der Waals surface area contributed by atoms with Gasteiger partial charge in [0.15, 0.2) is 0 Å². The van der Waals surface area contributed by atoms with Crippen molar-refractivity contribution in [1.29, 1.82) is 0 Å². The van der Waals surface area contributed by atoms with E-state index in [0.717, 1.165) is 31.4 Å². The lowest BCUT2D eigenvalue weighted by Gasteiger charge is -2.24. The van der Waals surface area contributed by atoms with Gasteiger partial charge in [-0.05, 0) is 44.0 Å². The van der Waals surface area contributed by atoms with Crippen molar-refractivity contribution in [3.05, 3.63) is 35.4 Å². The SMILES string of the molecule is COC(=O)c1ccc(C(C)NC(=O)[C@H]2CCCCN2)cc1.Cl. The van der Waals surface area contributed by atoms with E-state index in [1.165, 1.54) is 7.11 Å². The number of piperidine rings is 1. The van der Waals surface area contributed by atoms with Crippen molar-refractivity contribution in [2.24, 2.45) is 0 Å². The highest BCUT2D eigenvalue weighted by atomic mass is 35.5. The summed E-state index contributed by atoms with van der Waals surface area (Å²) in [5, 5.41) is 6.25. The minimum Gasteiger partial charge on any atom is -0.465 e. The Hall–Kier alpha value is -1.59. The van der Waals surface area contributed by atoms with E-state index < -0.39 is 0 Å². The van der Waals surface area contributed by atoms with Crippen molar-refractivity contribution in [2.45, 2.75) is 38.3 Å². The molecule has 2 N–H and O–H groups in total. The molecule has 1 fully saturated rings. The monoisotopic (exact) mass is 326 g/mol. The summed E-state index contributed by atoms with van der Waals surface area (Å²) >= 11 is 0. The number of carbonyl (C=O) groups is 2. The molecule has 6 heteroatoms. The highest BCUT2D eigenvalue weighted by Crippen LogP contribution is 2.15. The van der Waals surface area contributed by atoms with Crippen LogP contribution in [0.1, 0.15) is 48.1 Å². The Labute approximate surface area is 137 Å². The van der Waals surface area contributed by atoms with Crippen LogP contribution in [-0.2, 0) is 9.53 Å². The Bertz CT molecular complexity index is 499. The van der Waals surface area contributed by atoms with Crippen molar-refractivity contribution in [3.8, 4) is 0 Å². The molecule has 1 aromatic carbocycles. The van der Waals surface area contributed by atoms with E-state index in [1.807, 2.05) is 19.1 Å². The molecule has 1 amide bonds. The van der Waals surface area contributed by atoms with Gasteiger partial charge in [0.25, 0.3) is 0 Å². The lowest BCUT2D eigenvalue weighted by Crippen LogP contribution is -2.47. The third kappa shape index (κ3) is 4.71. The molecular formula is C16H23ClN2O3. The standard InChI is InChI=1S/C16H22N2O3.ClH/c1-11(18-15(19)14-5-3-4-10-17-14)12-6-8-13(9-7-12)16(20)21-2;/h6-9,11,14,17H,3-5,10H2,1-2H3,(H,18,19);1H/t11?,14-;/m1./s1. The van der Waals surface area contributed by atoms with Gasteiger partial charge in [-0.25, -0.2) is 4.79 Å². The van der Waals surface area contributed by atoms with Crippen LogP contribution in [0, 0.1) is 0 Å². The van der Waals surface area contributed by atoms with Crippen LogP contribution in [0.25, 0.3) is 0 Å². The molecule has 5 nitrogen and oxygen atoms in total. The molecular weight excluding hydrogens is 304 g/mol. The third-order valence-corrected chi connectivity index (χ3v) is 3.82. The van der Waals surface area contributed by atoms with E-state index >= 15 is 0 Å². The zero-order valence-electron chi connectivity index (χ0n) is 12.9. The lowest BCUT2D eigenvalue weighted by atomic mass is 10.0. The number of methoxy groups -OCH3 is 1. The summed E-state index contributed by atoms with van der Waals surface area (Å²) in [7, 11) is 1.36. The van der Waals surface area contributed by atoms with Crippen molar-refractivity contribution in [1.82, 2.24) is 10.6 Å². The van der Waals surface area contributed by atoms with Crippen LogP contribution in [0.5, 0.6) is 0 Å². The molecule has 1 saturated heterocycles. The largest absolute Gasteiger partial charge is 0.465 e. The average Bonchev–Trinajstić information content (AvgIpc) is 2.55. The second-order valence-electron chi connectivity index (χ2n) is 5.35. The van der Waals surface area contributed by atoms with Crippen LogP contribution >= 0.6 is 12.4 Å². The van der Waals surface area contributed by atoms with Crippen LogP contribution in [-0.4, -0.2) is 31.6 Å². The predicted octanol–water partition coefficient (Wildman–Crippen LogP) is 2.21. The van der Waals surface area contributed by atoms with Crippen LogP contribution in [0.2, 0.25) is 0 Å². The summed E-state index contributed by atoms with van der Waals surface area (Å²) in [5.74, 6) is -0.316. The van der Waals surface area contributed by atoms with Gasteiger partial charge in [-0.3, -0.25) is 4.79 Å². The fourth-order valence-electron chi connectivity index (χ4n) is 2.50. The molecule has 1 aromatic rings. The molecule has 0 saturated carbocycles. The highest BCUT2D eigenvalue weighted by molar-refractivity contribution is 5.89. The minimum absolute atomic E-state index is 0. The summed E-state index contributed by atoms with van der Waals surface area (Å²) in [6, 6.07) is 6.92. The zero-order valence-corrected chi connectivity index (χ0v) is 13.7. The van der Waals surface area contributed by atoms with E-state index in [9.17, 15) is 9.59 Å². The molecule has 22 heavy (non-hydrogen) atoms. The number of halogens is 1. The van der Waals surface area contributed by atoms with Gasteiger partial charge in [0.2, 0.25) is 5.91 Å². The van der Waals surface area contributed by atoms with Gasteiger partial charge >= 0.3 is 5.97 Å². The number of esters is 1. The van der Waals surface area contributed by atoms with Crippen LogP contribution in [0.4, 0.5) is 0 Å². The smallest absolute Gasteiger partial charge is 0.337 e. The van der Waals surface area contributed by atoms with Crippen molar-refractivity contribution >= 4 is 24.3 Å². The van der Waals surface area contributed by atoms with Gasteiger partial charge in [-0.2, -0.15) is 0 Å². The molecule has 0 radical (unpaired) electrons. The van der Waals surface area contributed by atoms with E-state index in [1.54, 1.807) is 12.1 Å². The number of hydrogen-bond acceptors (Lipinski definition) is 4. The fourth-order valence-corrected chi connectivity index (χ4v) is 2.50. The number of hydrogen-bond donors (Lipinski definition) is 2. The molecule has 0 aliphatic carbocycles. The minimum atomic E-state index is -0.357. The van der Waals surface area contributed by atoms with Crippen molar-refractivity contribution < 1.29 is 14.3 Å². The summed E-state index contributed by atoms with van der Waals surface area (Å²) < 4.78 is 4.66. The number of amides is 1. The first kappa shape index (κ1) is 18.5. The summed E-state index contributed by atoms with van der Waals surface area (Å²) in [6.45, 7) is 2.84. The fraction of sp³-hybridized carbons (Fsp3) is 0.500. The van der Waals surface area contributed by atoms with Gasteiger partial charge in [0.05, 0.1) is 24.8 Å². The molecule has 0 bridgehead atoms. The molecule has 2 atom stereocenters. The van der Waals surface area contributed by atoms with Crippen LogP contribution in [0.3, 0.4) is 0 Å². The first-order chi connectivity index (χ1) is 10.1. The van der Waals surface area contributed by atoms with Crippen molar-refractivity contribution in [3.63, 3.8) is 0 Å². The Morgan fingerprint density at radius 2 is 1.95 bits per heavy atom. The van der Waals surface area contributed by atoms with Gasteiger partial charge in [0, 0.05) is 0 Å². The maximum Gasteiger partial charge on any atom is 0.337 e. The van der Waals surface area contributed by atoms with Gasteiger partial charge in [-0.15, -0.1) is 12.4 Å². The maximum absolute atomic E-state index is 12.2. The van der Waals surface area contributed by atoms with Gasteiger partial charge < -0.3 is 15.4 Å². The number of ether oxygens (including phenoxy) is 1.